The van der Waals surface area contributed by atoms with Gasteiger partial charge in [0.2, 0.25) is 0 Å². The molecular weight excluding hydrogens is 274 g/mol. The molecule has 0 aliphatic heterocycles. The van der Waals surface area contributed by atoms with Crippen LogP contribution < -0.4 is 4.74 Å². The fourth-order valence-corrected chi connectivity index (χ4v) is 2.31. The Labute approximate surface area is 121 Å². The Balaban J connectivity index is 2.18. The second-order valence-corrected chi connectivity index (χ2v) is 4.85. The smallest absolute Gasteiger partial charge is 0.309 e. The summed E-state index contributed by atoms with van der Waals surface area (Å²) < 4.78 is 9.75. The van der Waals surface area contributed by atoms with Crippen molar-refractivity contribution in [3.05, 3.63) is 46.5 Å². The van der Waals surface area contributed by atoms with E-state index in [-0.39, 0.29) is 12.4 Å². The molecule has 20 heavy (non-hydrogen) atoms. The third-order valence-corrected chi connectivity index (χ3v) is 3.55. The van der Waals surface area contributed by atoms with Crippen molar-refractivity contribution in [3.63, 3.8) is 0 Å². The normalized spacial score (nSPS) is 10.7. The predicted molar refractivity (Wildman–Crippen MR) is 79.8 cm³/mol. The van der Waals surface area contributed by atoms with Crippen molar-refractivity contribution < 1.29 is 14.3 Å². The number of carbonyl (C=O) groups excluding carboxylic acids is 1. The molecule has 2 aromatic rings. The van der Waals surface area contributed by atoms with Crippen LogP contribution in [0.4, 0.5) is 0 Å². The van der Waals surface area contributed by atoms with Gasteiger partial charge in [-0.15, -0.1) is 0 Å². The Kier molecular flexibility index (Phi) is 4.90. The van der Waals surface area contributed by atoms with Gasteiger partial charge in [-0.1, -0.05) is 41.7 Å². The minimum atomic E-state index is -0.249. The van der Waals surface area contributed by atoms with E-state index in [9.17, 15) is 4.79 Å². The Morgan fingerprint density at radius 2 is 2.10 bits per heavy atom. The van der Waals surface area contributed by atoms with Crippen LogP contribution in [0.2, 0.25) is 0 Å². The molecule has 0 N–H and O–H groups in total. The molecule has 5 heteroatoms. The Bertz CT molecular complexity index is 619. The number of carbonyl (C=O) groups is 1. The maximum Gasteiger partial charge on any atom is 0.309 e. The third-order valence-electron chi connectivity index (χ3n) is 2.73. The molecule has 0 atom stereocenters. The molecule has 0 aliphatic rings. The average Bonchev–Trinajstić information content (AvgIpc) is 2.94. The number of hydrogen-bond donors (Lipinski definition) is 0. The lowest BCUT2D eigenvalue weighted by molar-refractivity contribution is -0.139. The standard InChI is InChI=1S/C15H15NO3S/c1-18-14(17)9-12-6-4-3-5-11(12)7-8-13-10-20-15(16-13)19-2/h3-8,10H,9H2,1-2H3. The highest BCUT2D eigenvalue weighted by Gasteiger charge is 2.06. The number of nitrogens with zero attached hydrogens (tertiary/aromatic N) is 1. The lowest BCUT2D eigenvalue weighted by Crippen LogP contribution is -2.05. The largest absolute Gasteiger partial charge is 0.473 e. The van der Waals surface area contributed by atoms with Gasteiger partial charge < -0.3 is 9.47 Å². The summed E-state index contributed by atoms with van der Waals surface area (Å²) in [4.78, 5) is 15.6. The molecular formula is C15H15NO3S. The van der Waals surface area contributed by atoms with Crippen LogP contribution >= 0.6 is 11.3 Å². The molecule has 1 aromatic heterocycles. The van der Waals surface area contributed by atoms with Gasteiger partial charge in [-0.25, -0.2) is 4.98 Å². The molecule has 0 aliphatic carbocycles. The van der Waals surface area contributed by atoms with E-state index in [0.717, 1.165) is 16.8 Å². The van der Waals surface area contributed by atoms with Gasteiger partial charge >= 0.3 is 5.97 Å². The van der Waals surface area contributed by atoms with Crippen LogP contribution in [0.25, 0.3) is 12.2 Å². The predicted octanol–water partition coefficient (Wildman–Crippen LogP) is 3.04. The molecule has 4 nitrogen and oxygen atoms in total. The van der Waals surface area contributed by atoms with Crippen molar-refractivity contribution in [3.8, 4) is 5.19 Å². The molecule has 2 rings (SSSR count). The van der Waals surface area contributed by atoms with Gasteiger partial charge in [0.25, 0.3) is 5.19 Å². The summed E-state index contributed by atoms with van der Waals surface area (Å²) in [7, 11) is 2.99. The second kappa shape index (κ2) is 6.86. The first-order valence-corrected chi connectivity index (χ1v) is 6.93. The average molecular weight is 289 g/mol. The van der Waals surface area contributed by atoms with Gasteiger partial charge in [-0.05, 0) is 17.2 Å². The number of aromatic nitrogens is 1. The fourth-order valence-electron chi connectivity index (χ4n) is 1.70. The maximum atomic E-state index is 11.4. The zero-order chi connectivity index (χ0) is 14.4. The first-order chi connectivity index (χ1) is 9.72. The van der Waals surface area contributed by atoms with Crippen LogP contribution in [-0.4, -0.2) is 25.2 Å². The monoisotopic (exact) mass is 289 g/mol. The number of ether oxygens (including phenoxy) is 2. The molecule has 0 fully saturated rings. The number of esters is 1. The lowest BCUT2D eigenvalue weighted by atomic mass is 10.0. The van der Waals surface area contributed by atoms with Gasteiger partial charge in [0.15, 0.2) is 0 Å². The van der Waals surface area contributed by atoms with E-state index in [1.54, 1.807) is 7.11 Å². The quantitative estimate of drug-likeness (QED) is 0.794. The number of hydrogen-bond acceptors (Lipinski definition) is 5. The SMILES string of the molecule is COC(=O)Cc1ccccc1C=Cc1csc(OC)n1. The van der Waals surface area contributed by atoms with Crippen molar-refractivity contribution in [2.45, 2.75) is 6.42 Å². The Hall–Kier alpha value is -2.14. The minimum absolute atomic E-state index is 0.249. The van der Waals surface area contributed by atoms with Crippen LogP contribution in [0.3, 0.4) is 0 Å². The van der Waals surface area contributed by atoms with Crippen molar-refractivity contribution in [1.29, 1.82) is 0 Å². The maximum absolute atomic E-state index is 11.4. The summed E-state index contributed by atoms with van der Waals surface area (Å²) in [6, 6.07) is 7.71. The highest BCUT2D eigenvalue weighted by Crippen LogP contribution is 2.20. The zero-order valence-electron chi connectivity index (χ0n) is 11.3. The highest BCUT2D eigenvalue weighted by atomic mass is 32.1. The molecule has 0 bridgehead atoms. The van der Waals surface area contributed by atoms with E-state index in [1.165, 1.54) is 18.4 Å². The molecule has 0 radical (unpaired) electrons. The molecule has 0 saturated carbocycles. The van der Waals surface area contributed by atoms with Crippen LogP contribution in [0, 0.1) is 0 Å². The van der Waals surface area contributed by atoms with Crippen molar-refractivity contribution in [1.82, 2.24) is 4.98 Å². The summed E-state index contributed by atoms with van der Waals surface area (Å²) in [6.45, 7) is 0. The Morgan fingerprint density at radius 1 is 1.30 bits per heavy atom. The van der Waals surface area contributed by atoms with Crippen molar-refractivity contribution in [2.75, 3.05) is 14.2 Å². The summed E-state index contributed by atoms with van der Waals surface area (Å²) >= 11 is 1.44. The molecule has 0 amide bonds. The van der Waals surface area contributed by atoms with Crippen LogP contribution in [0.1, 0.15) is 16.8 Å². The molecule has 0 saturated heterocycles. The first-order valence-electron chi connectivity index (χ1n) is 6.05. The lowest BCUT2D eigenvalue weighted by Gasteiger charge is -2.04. The Morgan fingerprint density at radius 3 is 2.80 bits per heavy atom. The molecule has 0 unspecified atom stereocenters. The summed E-state index contributed by atoms with van der Waals surface area (Å²) in [6.07, 6.45) is 4.10. The van der Waals surface area contributed by atoms with Gasteiger partial charge in [-0.3, -0.25) is 4.79 Å². The van der Waals surface area contributed by atoms with Crippen LogP contribution in [0.5, 0.6) is 5.19 Å². The molecule has 104 valence electrons. The highest BCUT2D eigenvalue weighted by molar-refractivity contribution is 7.11. The third kappa shape index (κ3) is 3.68. The van der Waals surface area contributed by atoms with Gasteiger partial charge in [0.1, 0.15) is 0 Å². The van der Waals surface area contributed by atoms with Crippen LogP contribution in [0.15, 0.2) is 29.6 Å². The second-order valence-electron chi connectivity index (χ2n) is 4.03. The summed E-state index contributed by atoms with van der Waals surface area (Å²) in [5.74, 6) is -0.249. The van der Waals surface area contributed by atoms with E-state index < -0.39 is 0 Å². The van der Waals surface area contributed by atoms with E-state index in [2.05, 4.69) is 4.98 Å². The number of thiazole rings is 1. The van der Waals surface area contributed by atoms with Gasteiger partial charge in [-0.2, -0.15) is 0 Å². The summed E-state index contributed by atoms with van der Waals surface area (Å²) in [5.41, 5.74) is 2.74. The van der Waals surface area contributed by atoms with Crippen LogP contribution in [-0.2, 0) is 16.0 Å². The van der Waals surface area contributed by atoms with Crippen molar-refractivity contribution in [2.24, 2.45) is 0 Å². The van der Waals surface area contributed by atoms with E-state index in [4.69, 9.17) is 9.47 Å². The van der Waals surface area contributed by atoms with Crippen molar-refractivity contribution >= 4 is 29.5 Å². The minimum Gasteiger partial charge on any atom is -0.473 e. The van der Waals surface area contributed by atoms with E-state index >= 15 is 0 Å². The van der Waals surface area contributed by atoms with E-state index in [0.29, 0.717) is 5.19 Å². The summed E-state index contributed by atoms with van der Waals surface area (Å²) in [5, 5.41) is 2.55. The topological polar surface area (TPSA) is 48.4 Å². The van der Waals surface area contributed by atoms with Gasteiger partial charge in [0, 0.05) is 5.38 Å². The number of rotatable bonds is 5. The first kappa shape index (κ1) is 14.3. The molecule has 1 aromatic carbocycles. The van der Waals surface area contributed by atoms with Gasteiger partial charge in [0.05, 0.1) is 26.3 Å². The fraction of sp³-hybridized carbons (Fsp3) is 0.200. The van der Waals surface area contributed by atoms with E-state index in [1.807, 2.05) is 41.8 Å². The molecule has 1 heterocycles. The number of benzene rings is 1. The zero-order valence-corrected chi connectivity index (χ0v) is 12.1. The molecule has 0 spiro atoms. The number of methoxy groups -OCH3 is 2.